The zero-order valence-corrected chi connectivity index (χ0v) is 13.5. The topological polar surface area (TPSA) is 38.3 Å². The Bertz CT molecular complexity index is 526. The lowest BCUT2D eigenvalue weighted by Crippen LogP contribution is -2.50. The van der Waals surface area contributed by atoms with Crippen molar-refractivity contribution < 1.29 is 18.3 Å². The fraction of sp³-hybridized carbons (Fsp3) is 0.533. The lowest BCUT2D eigenvalue weighted by Gasteiger charge is -2.35. The summed E-state index contributed by atoms with van der Waals surface area (Å²) in [6.07, 6.45) is -0.588. The standard InChI is InChI=1S/C15H18BrF2NO2/c1-9(2)8-21-13-5-10(16)3-4-12(13)14(20)19-11-6-15(17,18)7-11/h3-5,9,11H,6-8H2,1-2H3,(H,19,20). The van der Waals surface area contributed by atoms with Gasteiger partial charge in [-0.15, -0.1) is 0 Å². The molecule has 0 aromatic heterocycles. The van der Waals surface area contributed by atoms with Gasteiger partial charge in [-0.1, -0.05) is 29.8 Å². The van der Waals surface area contributed by atoms with E-state index in [1.54, 1.807) is 18.2 Å². The molecule has 1 amide bonds. The summed E-state index contributed by atoms with van der Waals surface area (Å²) in [7, 11) is 0. The third-order valence-electron chi connectivity index (χ3n) is 3.19. The van der Waals surface area contributed by atoms with Gasteiger partial charge >= 0.3 is 0 Å². The van der Waals surface area contributed by atoms with E-state index in [9.17, 15) is 13.6 Å². The molecule has 0 unspecified atom stereocenters. The quantitative estimate of drug-likeness (QED) is 0.860. The first-order valence-electron chi connectivity index (χ1n) is 6.88. The highest BCUT2D eigenvalue weighted by Gasteiger charge is 2.46. The minimum Gasteiger partial charge on any atom is -0.492 e. The molecule has 0 atom stereocenters. The van der Waals surface area contributed by atoms with Crippen molar-refractivity contribution in [2.45, 2.75) is 38.7 Å². The Hall–Kier alpha value is -1.17. The number of ether oxygens (including phenoxy) is 1. The molecule has 0 radical (unpaired) electrons. The van der Waals surface area contributed by atoms with E-state index in [1.165, 1.54) is 0 Å². The van der Waals surface area contributed by atoms with E-state index >= 15 is 0 Å². The van der Waals surface area contributed by atoms with Crippen LogP contribution in [0.2, 0.25) is 0 Å². The first-order valence-corrected chi connectivity index (χ1v) is 7.67. The Balaban J connectivity index is 2.05. The largest absolute Gasteiger partial charge is 0.492 e. The van der Waals surface area contributed by atoms with Crippen LogP contribution in [0.1, 0.15) is 37.0 Å². The molecule has 1 N–H and O–H groups in total. The number of nitrogens with one attached hydrogen (secondary N) is 1. The Labute approximate surface area is 131 Å². The fourth-order valence-corrected chi connectivity index (χ4v) is 2.43. The highest BCUT2D eigenvalue weighted by molar-refractivity contribution is 9.10. The highest BCUT2D eigenvalue weighted by atomic mass is 79.9. The number of carbonyl (C=O) groups excluding carboxylic acids is 1. The maximum atomic E-state index is 12.8. The molecule has 1 aromatic carbocycles. The van der Waals surface area contributed by atoms with E-state index in [4.69, 9.17) is 4.74 Å². The van der Waals surface area contributed by atoms with Crippen molar-refractivity contribution in [1.29, 1.82) is 0 Å². The van der Waals surface area contributed by atoms with Crippen LogP contribution in [0, 0.1) is 5.92 Å². The van der Waals surface area contributed by atoms with Gasteiger partial charge in [-0.25, -0.2) is 8.78 Å². The van der Waals surface area contributed by atoms with Crippen LogP contribution in [-0.2, 0) is 0 Å². The monoisotopic (exact) mass is 361 g/mol. The molecule has 1 aliphatic rings. The molecule has 6 heteroatoms. The summed E-state index contributed by atoms with van der Waals surface area (Å²) in [6, 6.07) is 4.61. The van der Waals surface area contributed by atoms with Gasteiger partial charge in [0.05, 0.1) is 12.2 Å². The molecule has 3 nitrogen and oxygen atoms in total. The number of carbonyl (C=O) groups is 1. The van der Waals surface area contributed by atoms with Crippen LogP contribution < -0.4 is 10.1 Å². The van der Waals surface area contributed by atoms with Crippen LogP contribution in [0.5, 0.6) is 5.75 Å². The van der Waals surface area contributed by atoms with Crippen LogP contribution in [0.15, 0.2) is 22.7 Å². The van der Waals surface area contributed by atoms with Gasteiger partial charge in [0.25, 0.3) is 11.8 Å². The molecular formula is C15H18BrF2NO2. The zero-order valence-electron chi connectivity index (χ0n) is 12.0. The van der Waals surface area contributed by atoms with Gasteiger partial charge in [0, 0.05) is 23.4 Å². The van der Waals surface area contributed by atoms with Crippen LogP contribution in [0.25, 0.3) is 0 Å². The maximum Gasteiger partial charge on any atom is 0.255 e. The average Bonchev–Trinajstić information content (AvgIpc) is 2.34. The predicted octanol–water partition coefficient (Wildman–Crippen LogP) is 4.01. The van der Waals surface area contributed by atoms with E-state index < -0.39 is 12.0 Å². The summed E-state index contributed by atoms with van der Waals surface area (Å²) < 4.78 is 32.0. The zero-order chi connectivity index (χ0) is 15.6. The van der Waals surface area contributed by atoms with E-state index in [0.717, 1.165) is 4.47 Å². The van der Waals surface area contributed by atoms with Gasteiger partial charge in [-0.05, 0) is 24.1 Å². The number of rotatable bonds is 5. The minimum absolute atomic E-state index is 0.294. The molecule has 1 aromatic rings. The van der Waals surface area contributed by atoms with Gasteiger partial charge in [0.2, 0.25) is 0 Å². The Morgan fingerprint density at radius 1 is 1.48 bits per heavy atom. The molecule has 1 saturated carbocycles. The van der Waals surface area contributed by atoms with Crippen LogP contribution in [0.4, 0.5) is 8.78 Å². The summed E-state index contributed by atoms with van der Waals surface area (Å²) in [5.41, 5.74) is 0.370. The molecular weight excluding hydrogens is 344 g/mol. The molecule has 0 aliphatic heterocycles. The van der Waals surface area contributed by atoms with Gasteiger partial charge in [-0.2, -0.15) is 0 Å². The lowest BCUT2D eigenvalue weighted by atomic mass is 9.88. The molecule has 0 spiro atoms. The molecule has 0 heterocycles. The van der Waals surface area contributed by atoms with Crippen molar-refractivity contribution in [3.63, 3.8) is 0 Å². The van der Waals surface area contributed by atoms with E-state index in [1.807, 2.05) is 13.8 Å². The third kappa shape index (κ3) is 4.40. The van der Waals surface area contributed by atoms with Crippen molar-refractivity contribution >= 4 is 21.8 Å². The van der Waals surface area contributed by atoms with Crippen LogP contribution in [0.3, 0.4) is 0 Å². The first kappa shape index (κ1) is 16.2. The number of alkyl halides is 2. The lowest BCUT2D eigenvalue weighted by molar-refractivity contribution is -0.0901. The van der Waals surface area contributed by atoms with Crippen molar-refractivity contribution in [3.05, 3.63) is 28.2 Å². The van der Waals surface area contributed by atoms with Gasteiger partial charge < -0.3 is 10.1 Å². The van der Waals surface area contributed by atoms with Gasteiger partial charge in [0.1, 0.15) is 5.75 Å². The smallest absolute Gasteiger partial charge is 0.255 e. The number of benzene rings is 1. The molecule has 1 fully saturated rings. The van der Waals surface area contributed by atoms with Crippen molar-refractivity contribution in [1.82, 2.24) is 5.32 Å². The van der Waals surface area contributed by atoms with Crippen LogP contribution >= 0.6 is 15.9 Å². The predicted molar refractivity (Wildman–Crippen MR) is 79.9 cm³/mol. The van der Waals surface area contributed by atoms with Gasteiger partial charge in [0.15, 0.2) is 0 Å². The fourth-order valence-electron chi connectivity index (χ4n) is 2.09. The van der Waals surface area contributed by atoms with Crippen molar-refractivity contribution in [3.8, 4) is 5.75 Å². The Kier molecular flexibility index (Phi) is 4.86. The van der Waals surface area contributed by atoms with E-state index in [2.05, 4.69) is 21.2 Å². The molecule has 21 heavy (non-hydrogen) atoms. The molecule has 1 aliphatic carbocycles. The minimum atomic E-state index is -2.64. The summed E-state index contributed by atoms with van der Waals surface area (Å²) in [5, 5.41) is 2.62. The molecule has 0 saturated heterocycles. The summed E-state index contributed by atoms with van der Waals surface area (Å²) in [4.78, 5) is 12.2. The summed E-state index contributed by atoms with van der Waals surface area (Å²) >= 11 is 3.33. The molecule has 116 valence electrons. The third-order valence-corrected chi connectivity index (χ3v) is 3.68. The number of hydrogen-bond donors (Lipinski definition) is 1. The van der Waals surface area contributed by atoms with E-state index in [0.29, 0.717) is 23.8 Å². The Morgan fingerprint density at radius 2 is 2.14 bits per heavy atom. The Morgan fingerprint density at radius 3 is 2.71 bits per heavy atom. The summed E-state index contributed by atoms with van der Waals surface area (Å²) in [5.74, 6) is -2.23. The molecule has 0 bridgehead atoms. The number of halogens is 3. The normalized spacial score (nSPS) is 17.4. The average molecular weight is 362 g/mol. The van der Waals surface area contributed by atoms with Crippen LogP contribution in [-0.4, -0.2) is 24.5 Å². The second kappa shape index (κ2) is 6.30. The van der Waals surface area contributed by atoms with Crippen molar-refractivity contribution in [2.75, 3.05) is 6.61 Å². The second-order valence-corrected chi connectivity index (χ2v) is 6.70. The van der Waals surface area contributed by atoms with E-state index in [-0.39, 0.29) is 18.7 Å². The van der Waals surface area contributed by atoms with Gasteiger partial charge in [-0.3, -0.25) is 4.79 Å². The highest BCUT2D eigenvalue weighted by Crippen LogP contribution is 2.37. The number of amides is 1. The van der Waals surface area contributed by atoms with Crippen molar-refractivity contribution in [2.24, 2.45) is 5.92 Å². The first-order chi connectivity index (χ1) is 9.77. The SMILES string of the molecule is CC(C)COc1cc(Br)ccc1C(=O)NC1CC(F)(F)C1. The number of hydrogen-bond acceptors (Lipinski definition) is 2. The molecule has 2 rings (SSSR count). The summed E-state index contributed by atoms with van der Waals surface area (Å²) in [6.45, 7) is 4.50. The maximum absolute atomic E-state index is 12.8. The second-order valence-electron chi connectivity index (χ2n) is 5.78.